The molecule has 2 fully saturated rings. The number of carbonyl (C=O) groups excluding carboxylic acids is 4. The number of hydrogen-bond acceptors (Lipinski definition) is 5. The summed E-state index contributed by atoms with van der Waals surface area (Å²) in [5.74, 6) is -0.836. The Morgan fingerprint density at radius 1 is 1.00 bits per heavy atom. The van der Waals surface area contributed by atoms with Gasteiger partial charge >= 0.3 is 0 Å². The molecule has 3 aliphatic rings. The fraction of sp³-hybridized carbons (Fsp3) is 0.391. The maximum atomic E-state index is 13.3. The lowest BCUT2D eigenvalue weighted by atomic mass is 10.0. The number of benzene rings is 2. The van der Waals surface area contributed by atoms with Gasteiger partial charge in [-0.1, -0.05) is 12.1 Å². The van der Waals surface area contributed by atoms with Crippen molar-refractivity contribution in [3.05, 3.63) is 35.9 Å². The van der Waals surface area contributed by atoms with E-state index in [9.17, 15) is 19.2 Å². The number of piperidine rings is 1. The van der Waals surface area contributed by atoms with Crippen molar-refractivity contribution in [2.24, 2.45) is 0 Å². The molecule has 4 amide bonds. The van der Waals surface area contributed by atoms with Gasteiger partial charge in [0.05, 0.1) is 11.3 Å². The highest BCUT2D eigenvalue weighted by Gasteiger charge is 2.41. The van der Waals surface area contributed by atoms with Gasteiger partial charge in [-0.2, -0.15) is 0 Å². The summed E-state index contributed by atoms with van der Waals surface area (Å²) in [5.41, 5.74) is 2.33. The Morgan fingerprint density at radius 3 is 2.61 bits per heavy atom. The summed E-state index contributed by atoms with van der Waals surface area (Å²) in [6.45, 7) is 4.56. The van der Waals surface area contributed by atoms with Crippen molar-refractivity contribution in [2.45, 2.75) is 32.2 Å². The van der Waals surface area contributed by atoms with Crippen LogP contribution in [0, 0.1) is 0 Å². The van der Waals surface area contributed by atoms with Gasteiger partial charge in [-0.05, 0) is 31.0 Å². The summed E-state index contributed by atoms with van der Waals surface area (Å²) in [5, 5.41) is 4.17. The van der Waals surface area contributed by atoms with Crippen LogP contribution in [0.1, 0.15) is 36.5 Å². The van der Waals surface area contributed by atoms with Crippen LogP contribution in [0.5, 0.6) is 0 Å². The fourth-order valence-corrected chi connectivity index (χ4v) is 4.98. The van der Waals surface area contributed by atoms with E-state index in [0.29, 0.717) is 24.2 Å². The summed E-state index contributed by atoms with van der Waals surface area (Å²) >= 11 is 0. The predicted molar refractivity (Wildman–Crippen MR) is 116 cm³/mol. The van der Waals surface area contributed by atoms with Gasteiger partial charge < -0.3 is 9.80 Å². The van der Waals surface area contributed by atoms with E-state index in [4.69, 9.17) is 0 Å². The maximum Gasteiger partial charge on any atom is 0.259 e. The van der Waals surface area contributed by atoms with Crippen LogP contribution in [0.2, 0.25) is 0 Å². The number of rotatable bonds is 2. The molecule has 8 heteroatoms. The second kappa shape index (κ2) is 7.37. The van der Waals surface area contributed by atoms with Crippen LogP contribution < -0.4 is 15.1 Å². The van der Waals surface area contributed by atoms with Crippen molar-refractivity contribution in [3.63, 3.8) is 0 Å². The molecular formula is C23H24N4O4. The van der Waals surface area contributed by atoms with Gasteiger partial charge in [0.2, 0.25) is 17.7 Å². The van der Waals surface area contributed by atoms with Gasteiger partial charge in [0.1, 0.15) is 6.04 Å². The van der Waals surface area contributed by atoms with E-state index in [1.165, 1.54) is 0 Å². The number of carbonyl (C=O) groups is 4. The minimum Gasteiger partial charge on any atom is -0.369 e. The molecule has 1 N–H and O–H groups in total. The highest BCUT2D eigenvalue weighted by molar-refractivity contribution is 6.28. The average Bonchev–Trinajstić information content (AvgIpc) is 2.91. The Labute approximate surface area is 179 Å². The SMILES string of the molecule is CC(=O)N1CCCN(c2ccc3c4c(cccc24)N(C2CCC(=O)NC2=O)C3=O)CC1. The van der Waals surface area contributed by atoms with Gasteiger partial charge in [0, 0.05) is 56.0 Å². The first-order chi connectivity index (χ1) is 15.0. The van der Waals surface area contributed by atoms with Crippen molar-refractivity contribution in [2.75, 3.05) is 36.0 Å². The number of nitrogens with zero attached hydrogens (tertiary/aromatic N) is 3. The minimum atomic E-state index is -0.686. The molecule has 0 radical (unpaired) electrons. The molecule has 0 aliphatic carbocycles. The third-order valence-electron chi connectivity index (χ3n) is 6.51. The first kappa shape index (κ1) is 19.5. The van der Waals surface area contributed by atoms with E-state index in [1.807, 2.05) is 35.2 Å². The smallest absolute Gasteiger partial charge is 0.259 e. The molecule has 2 aromatic carbocycles. The summed E-state index contributed by atoms with van der Waals surface area (Å²) in [6, 6.07) is 8.90. The number of hydrogen-bond donors (Lipinski definition) is 1. The van der Waals surface area contributed by atoms with Crippen molar-refractivity contribution in [1.82, 2.24) is 10.2 Å². The van der Waals surface area contributed by atoms with Gasteiger partial charge in [-0.3, -0.25) is 29.4 Å². The Kier molecular flexibility index (Phi) is 4.64. The summed E-state index contributed by atoms with van der Waals surface area (Å²) in [7, 11) is 0. The van der Waals surface area contributed by atoms with Gasteiger partial charge in [0.15, 0.2) is 0 Å². The Morgan fingerprint density at radius 2 is 1.84 bits per heavy atom. The standard InChI is InChI=1S/C23H24N4O4/c1-14(28)25-10-3-11-26(13-12-25)17-7-6-16-21-15(17)4-2-5-18(21)27(23(16)31)19-8-9-20(29)24-22(19)30/h2,4-7,19H,3,8-13H2,1H3,(H,24,29,30). The first-order valence-electron chi connectivity index (χ1n) is 10.7. The normalized spacial score (nSPS) is 21.5. The van der Waals surface area contributed by atoms with Crippen LogP contribution in [-0.2, 0) is 14.4 Å². The summed E-state index contributed by atoms with van der Waals surface area (Å²) in [4.78, 5) is 54.8. The van der Waals surface area contributed by atoms with E-state index >= 15 is 0 Å². The van der Waals surface area contributed by atoms with E-state index in [0.717, 1.165) is 42.5 Å². The molecule has 31 heavy (non-hydrogen) atoms. The zero-order chi connectivity index (χ0) is 21.7. The molecule has 5 rings (SSSR count). The predicted octanol–water partition coefficient (Wildman–Crippen LogP) is 1.66. The van der Waals surface area contributed by atoms with Crippen LogP contribution in [0.15, 0.2) is 30.3 Å². The van der Waals surface area contributed by atoms with E-state index in [2.05, 4.69) is 10.2 Å². The summed E-state index contributed by atoms with van der Waals surface area (Å²) in [6.07, 6.45) is 1.42. The highest BCUT2D eigenvalue weighted by atomic mass is 16.2. The van der Waals surface area contributed by atoms with Crippen LogP contribution in [-0.4, -0.2) is 60.7 Å². The molecule has 0 spiro atoms. The monoisotopic (exact) mass is 420 g/mol. The van der Waals surface area contributed by atoms with Gasteiger partial charge in [-0.15, -0.1) is 0 Å². The maximum absolute atomic E-state index is 13.3. The molecule has 2 saturated heterocycles. The molecule has 3 aliphatic heterocycles. The van der Waals surface area contributed by atoms with Crippen molar-refractivity contribution in [3.8, 4) is 0 Å². The van der Waals surface area contributed by atoms with E-state index in [1.54, 1.807) is 11.8 Å². The lowest BCUT2D eigenvalue weighted by Crippen LogP contribution is -2.53. The van der Waals surface area contributed by atoms with Gasteiger partial charge in [0.25, 0.3) is 5.91 Å². The molecule has 0 aromatic heterocycles. The lowest BCUT2D eigenvalue weighted by molar-refractivity contribution is -0.134. The number of nitrogens with one attached hydrogen (secondary N) is 1. The lowest BCUT2D eigenvalue weighted by Gasteiger charge is -2.30. The van der Waals surface area contributed by atoms with E-state index < -0.39 is 11.9 Å². The Bertz CT molecular complexity index is 1130. The Balaban J connectivity index is 1.54. The number of imide groups is 1. The molecule has 0 bridgehead atoms. The molecule has 1 atom stereocenters. The van der Waals surface area contributed by atoms with Crippen LogP contribution in [0.25, 0.3) is 10.8 Å². The molecule has 2 aromatic rings. The molecule has 8 nitrogen and oxygen atoms in total. The molecule has 160 valence electrons. The topological polar surface area (TPSA) is 90.0 Å². The average molecular weight is 420 g/mol. The molecule has 0 saturated carbocycles. The number of anilines is 2. The molecular weight excluding hydrogens is 396 g/mol. The second-order valence-corrected chi connectivity index (χ2v) is 8.32. The first-order valence-corrected chi connectivity index (χ1v) is 10.7. The quantitative estimate of drug-likeness (QED) is 0.747. The van der Waals surface area contributed by atoms with Crippen molar-refractivity contribution >= 4 is 45.8 Å². The van der Waals surface area contributed by atoms with Crippen LogP contribution >= 0.6 is 0 Å². The van der Waals surface area contributed by atoms with Gasteiger partial charge in [-0.25, -0.2) is 0 Å². The van der Waals surface area contributed by atoms with E-state index in [-0.39, 0.29) is 24.1 Å². The van der Waals surface area contributed by atoms with Crippen molar-refractivity contribution < 1.29 is 19.2 Å². The fourth-order valence-electron chi connectivity index (χ4n) is 4.98. The minimum absolute atomic E-state index is 0.0905. The molecule has 1 unspecified atom stereocenters. The summed E-state index contributed by atoms with van der Waals surface area (Å²) < 4.78 is 0. The van der Waals surface area contributed by atoms with Crippen molar-refractivity contribution in [1.29, 1.82) is 0 Å². The largest absolute Gasteiger partial charge is 0.369 e. The Hall–Kier alpha value is -3.42. The van der Waals surface area contributed by atoms with Crippen LogP contribution in [0.4, 0.5) is 11.4 Å². The second-order valence-electron chi connectivity index (χ2n) is 8.32. The van der Waals surface area contributed by atoms with Crippen LogP contribution in [0.3, 0.4) is 0 Å². The third-order valence-corrected chi connectivity index (χ3v) is 6.51. The number of amides is 4. The molecule has 3 heterocycles. The zero-order valence-electron chi connectivity index (χ0n) is 17.4. The zero-order valence-corrected chi connectivity index (χ0v) is 17.4. The third kappa shape index (κ3) is 3.13. The highest BCUT2D eigenvalue weighted by Crippen LogP contribution is 2.43.